The lowest BCUT2D eigenvalue weighted by molar-refractivity contribution is -0.144. The van der Waals surface area contributed by atoms with Crippen LogP contribution in [0.4, 0.5) is 0 Å². The fourth-order valence-electron chi connectivity index (χ4n) is 3.49. The van der Waals surface area contributed by atoms with Gasteiger partial charge in [0, 0.05) is 19.4 Å². The van der Waals surface area contributed by atoms with E-state index in [-0.39, 0.29) is 17.9 Å². The number of aliphatic hydroxyl groups is 1. The van der Waals surface area contributed by atoms with Gasteiger partial charge >= 0.3 is 11.9 Å². The zero-order valence-corrected chi connectivity index (χ0v) is 19.2. The number of carbonyl (C=O) groups is 2. The van der Waals surface area contributed by atoms with Gasteiger partial charge < -0.3 is 20.4 Å². The van der Waals surface area contributed by atoms with Gasteiger partial charge in [-0.15, -0.1) is 0 Å². The van der Waals surface area contributed by atoms with E-state index in [9.17, 15) is 9.59 Å². The molecule has 0 rings (SSSR count). The summed E-state index contributed by atoms with van der Waals surface area (Å²) in [4.78, 5) is 22.1. The molecule has 0 aliphatic heterocycles. The van der Waals surface area contributed by atoms with E-state index in [0.29, 0.717) is 19.6 Å². The summed E-state index contributed by atoms with van der Waals surface area (Å²) in [6.45, 7) is 0.889. The summed E-state index contributed by atoms with van der Waals surface area (Å²) in [5.74, 6) is -0.792. The molecule has 180 valence electrons. The van der Waals surface area contributed by atoms with Crippen molar-refractivity contribution in [2.24, 2.45) is 0 Å². The van der Waals surface area contributed by atoms with Crippen molar-refractivity contribution in [1.82, 2.24) is 0 Å². The second kappa shape index (κ2) is 25.9. The molecular weight excluding hydrogens is 384 g/mol. The molecule has 0 aliphatic carbocycles. The first-order valence-corrected chi connectivity index (χ1v) is 12.1. The maximum absolute atomic E-state index is 11.7. The van der Waals surface area contributed by atoms with E-state index in [1.807, 2.05) is 0 Å². The third kappa shape index (κ3) is 26.9. The summed E-state index contributed by atoms with van der Waals surface area (Å²) in [5, 5.41) is 17.3. The number of carboxylic acids is 1. The highest BCUT2D eigenvalue weighted by Gasteiger charge is 2.03. The number of unbranched alkanes of at least 4 members (excludes halogenated alkanes) is 16. The molecule has 0 aliphatic rings. The van der Waals surface area contributed by atoms with Gasteiger partial charge in [0.15, 0.2) is 0 Å². The number of carbonyl (C=O) groups excluding carboxylic acids is 1. The lowest BCUT2D eigenvalue weighted by atomic mass is 10.1. The number of rotatable bonds is 23. The van der Waals surface area contributed by atoms with Crippen molar-refractivity contribution in [2.45, 2.75) is 128 Å². The fraction of sp³-hybridized carbons (Fsp3) is 0.917. The van der Waals surface area contributed by atoms with E-state index in [1.165, 1.54) is 51.4 Å². The third-order valence-electron chi connectivity index (χ3n) is 5.34. The molecule has 0 saturated carbocycles. The summed E-state index contributed by atoms with van der Waals surface area (Å²) in [6, 6.07) is 0. The van der Waals surface area contributed by atoms with Crippen LogP contribution >= 0.6 is 0 Å². The monoisotopic (exact) mass is 432 g/mol. The van der Waals surface area contributed by atoms with Crippen LogP contribution in [-0.2, 0) is 14.3 Å². The molecule has 0 unspecified atom stereocenters. The Morgan fingerprint density at radius 3 is 1.33 bits per heavy atom. The van der Waals surface area contributed by atoms with Gasteiger partial charge in [0.2, 0.25) is 0 Å². The first-order chi connectivity index (χ1) is 14.2. The molecule has 0 aromatic rings. The van der Waals surface area contributed by atoms with Gasteiger partial charge in [-0.2, -0.15) is 0 Å². The molecule has 0 saturated heterocycles. The predicted molar refractivity (Wildman–Crippen MR) is 122 cm³/mol. The molecule has 0 radical (unpaired) electrons. The van der Waals surface area contributed by atoms with Gasteiger partial charge in [-0.05, 0) is 25.7 Å². The Hall–Kier alpha value is -1.14. The predicted octanol–water partition coefficient (Wildman–Crippen LogP) is 5.58. The Kier molecular flexibility index (Phi) is 26.8. The van der Waals surface area contributed by atoms with E-state index in [2.05, 4.69) is 0 Å². The number of aliphatic carboxylic acids is 1. The van der Waals surface area contributed by atoms with Gasteiger partial charge in [0.05, 0.1) is 6.61 Å². The molecule has 30 heavy (non-hydrogen) atoms. The Labute approximate surface area is 184 Å². The largest absolute Gasteiger partial charge is 0.481 e. The Morgan fingerprint density at radius 1 is 0.533 bits per heavy atom. The topological polar surface area (TPSA) is 115 Å². The summed E-state index contributed by atoms with van der Waals surface area (Å²) in [6.07, 6.45) is 21.1. The maximum atomic E-state index is 11.7. The van der Waals surface area contributed by atoms with E-state index in [4.69, 9.17) is 14.9 Å². The minimum Gasteiger partial charge on any atom is -0.481 e. The van der Waals surface area contributed by atoms with Crippen LogP contribution in [0.3, 0.4) is 0 Å². The lowest BCUT2D eigenvalue weighted by Gasteiger charge is -2.05. The highest BCUT2D eigenvalue weighted by molar-refractivity contribution is 5.69. The van der Waals surface area contributed by atoms with Crippen LogP contribution in [0.1, 0.15) is 128 Å². The van der Waals surface area contributed by atoms with Gasteiger partial charge in [0.1, 0.15) is 0 Å². The van der Waals surface area contributed by atoms with Crippen molar-refractivity contribution in [1.29, 1.82) is 0 Å². The second-order valence-electron chi connectivity index (χ2n) is 8.20. The van der Waals surface area contributed by atoms with Crippen LogP contribution < -0.4 is 0 Å². The van der Waals surface area contributed by atoms with Crippen LogP contribution in [0.15, 0.2) is 0 Å². The molecule has 0 aromatic carbocycles. The molecule has 0 amide bonds. The molecule has 0 bridgehead atoms. The van der Waals surface area contributed by atoms with Crippen molar-refractivity contribution < 1.29 is 30.0 Å². The van der Waals surface area contributed by atoms with Crippen molar-refractivity contribution in [3.63, 3.8) is 0 Å². The second-order valence-corrected chi connectivity index (χ2v) is 8.20. The summed E-state index contributed by atoms with van der Waals surface area (Å²) < 4.78 is 5.29. The quantitative estimate of drug-likeness (QED) is 0.161. The van der Waals surface area contributed by atoms with Gasteiger partial charge in [-0.1, -0.05) is 89.9 Å². The van der Waals surface area contributed by atoms with Crippen molar-refractivity contribution in [2.75, 3.05) is 13.2 Å². The fourth-order valence-corrected chi connectivity index (χ4v) is 3.49. The number of aliphatic hydroxyl groups excluding tert-OH is 1. The summed E-state index contributed by atoms with van der Waals surface area (Å²) >= 11 is 0. The smallest absolute Gasteiger partial charge is 0.305 e. The molecule has 0 aromatic heterocycles. The number of hydrogen-bond acceptors (Lipinski definition) is 4. The molecular formula is C24H48O6. The Balaban J connectivity index is 0. The van der Waals surface area contributed by atoms with E-state index >= 15 is 0 Å². The van der Waals surface area contributed by atoms with E-state index < -0.39 is 5.97 Å². The van der Waals surface area contributed by atoms with Gasteiger partial charge in [-0.3, -0.25) is 9.59 Å². The standard InChI is InChI=1S/C24H46O5.H2O/c25-21-17-13-9-5-3-1-2-4-6-10-14-18-22-29-24(28)20-16-12-8-7-11-15-19-23(26)27;/h25H,1-22H2,(H,26,27);1H2. The van der Waals surface area contributed by atoms with Crippen LogP contribution in [0.2, 0.25) is 0 Å². The Bertz CT molecular complexity index is 373. The molecule has 0 atom stereocenters. The van der Waals surface area contributed by atoms with Crippen molar-refractivity contribution in [3.05, 3.63) is 0 Å². The van der Waals surface area contributed by atoms with Crippen LogP contribution in [-0.4, -0.2) is 40.8 Å². The zero-order valence-electron chi connectivity index (χ0n) is 19.2. The average Bonchev–Trinajstić information content (AvgIpc) is 2.70. The normalized spacial score (nSPS) is 10.6. The molecule has 0 spiro atoms. The number of esters is 1. The first kappa shape index (κ1) is 31.0. The molecule has 0 fully saturated rings. The molecule has 6 heteroatoms. The highest BCUT2D eigenvalue weighted by Crippen LogP contribution is 2.12. The average molecular weight is 433 g/mol. The van der Waals surface area contributed by atoms with Crippen LogP contribution in [0.25, 0.3) is 0 Å². The minimum atomic E-state index is -0.718. The Morgan fingerprint density at radius 2 is 0.900 bits per heavy atom. The first-order valence-electron chi connectivity index (χ1n) is 12.1. The zero-order chi connectivity index (χ0) is 21.4. The maximum Gasteiger partial charge on any atom is 0.305 e. The molecule has 6 nitrogen and oxygen atoms in total. The number of carboxylic acid groups (broad SMARTS) is 1. The third-order valence-corrected chi connectivity index (χ3v) is 5.34. The molecule has 4 N–H and O–H groups in total. The lowest BCUT2D eigenvalue weighted by Crippen LogP contribution is -2.05. The number of hydrogen-bond donors (Lipinski definition) is 2. The highest BCUT2D eigenvalue weighted by atomic mass is 16.5. The minimum absolute atomic E-state index is 0. The van der Waals surface area contributed by atoms with Crippen molar-refractivity contribution in [3.8, 4) is 0 Å². The van der Waals surface area contributed by atoms with E-state index in [0.717, 1.165) is 64.2 Å². The summed E-state index contributed by atoms with van der Waals surface area (Å²) in [7, 11) is 0. The SMILES string of the molecule is O.O=C(O)CCCCCCCCC(=O)OCCCCCCCCCCCCCCO. The van der Waals surface area contributed by atoms with Crippen molar-refractivity contribution >= 4 is 11.9 Å². The van der Waals surface area contributed by atoms with Gasteiger partial charge in [0.25, 0.3) is 0 Å². The number of ether oxygens (including phenoxy) is 1. The van der Waals surface area contributed by atoms with Crippen LogP contribution in [0.5, 0.6) is 0 Å². The van der Waals surface area contributed by atoms with Gasteiger partial charge in [-0.25, -0.2) is 0 Å². The van der Waals surface area contributed by atoms with E-state index in [1.54, 1.807) is 0 Å². The van der Waals surface area contributed by atoms with Crippen LogP contribution in [0, 0.1) is 0 Å². The molecule has 0 heterocycles. The summed E-state index contributed by atoms with van der Waals surface area (Å²) in [5.41, 5.74) is 0.